The number of hydrogen-bond donors (Lipinski definition) is 0. The van der Waals surface area contributed by atoms with Crippen molar-refractivity contribution >= 4 is 5.97 Å². The summed E-state index contributed by atoms with van der Waals surface area (Å²) in [5, 5.41) is 0. The Kier molecular flexibility index (Phi) is 9.36. The maximum absolute atomic E-state index is 12.2. The van der Waals surface area contributed by atoms with Crippen LogP contribution in [0.4, 0.5) is 0 Å². The second kappa shape index (κ2) is 11.1. The van der Waals surface area contributed by atoms with E-state index < -0.39 is 0 Å². The molecule has 22 heavy (non-hydrogen) atoms. The Morgan fingerprint density at radius 1 is 0.955 bits per heavy atom. The highest BCUT2D eigenvalue weighted by atomic mass is 16.5. The highest BCUT2D eigenvalue weighted by molar-refractivity contribution is 5.89. The van der Waals surface area contributed by atoms with Crippen LogP contribution in [-0.4, -0.2) is 19.2 Å². The van der Waals surface area contributed by atoms with Crippen LogP contribution in [0, 0.1) is 0 Å². The largest absolute Gasteiger partial charge is 0.497 e. The maximum Gasteiger partial charge on any atom is 0.338 e. The lowest BCUT2D eigenvalue weighted by molar-refractivity contribution is 0.0253. The molecule has 3 heteroatoms. The minimum atomic E-state index is -0.227. The highest BCUT2D eigenvalue weighted by Gasteiger charge is 2.15. The summed E-state index contributed by atoms with van der Waals surface area (Å²) in [6, 6.07) is 7.09. The zero-order valence-corrected chi connectivity index (χ0v) is 14.3. The fourth-order valence-corrected chi connectivity index (χ4v) is 2.51. The Morgan fingerprint density at radius 2 is 1.64 bits per heavy atom. The molecule has 1 aromatic rings. The molecular formula is C19H30O3. The van der Waals surface area contributed by atoms with E-state index in [4.69, 9.17) is 9.47 Å². The van der Waals surface area contributed by atoms with Crippen molar-refractivity contribution in [3.8, 4) is 5.75 Å². The smallest absolute Gasteiger partial charge is 0.338 e. The normalized spacial score (nSPS) is 12.0. The number of unbranched alkanes of at least 4 members (excludes halogenated alkanes) is 4. The van der Waals surface area contributed by atoms with E-state index in [1.165, 1.54) is 25.7 Å². The molecule has 0 spiro atoms. The van der Waals surface area contributed by atoms with Gasteiger partial charge in [0.05, 0.1) is 12.7 Å². The lowest BCUT2D eigenvalue weighted by Gasteiger charge is -2.17. The molecule has 0 fully saturated rings. The molecule has 0 aromatic heterocycles. The predicted octanol–water partition coefficient (Wildman–Crippen LogP) is 5.38. The molecular weight excluding hydrogens is 276 g/mol. The van der Waals surface area contributed by atoms with Crippen LogP contribution in [0.2, 0.25) is 0 Å². The second-order valence-corrected chi connectivity index (χ2v) is 5.75. The number of ether oxygens (including phenoxy) is 2. The Labute approximate surface area is 135 Å². The molecule has 1 atom stereocenters. The van der Waals surface area contributed by atoms with Gasteiger partial charge in [0.2, 0.25) is 0 Å². The van der Waals surface area contributed by atoms with Gasteiger partial charge in [0.25, 0.3) is 0 Å². The minimum Gasteiger partial charge on any atom is -0.497 e. The van der Waals surface area contributed by atoms with Gasteiger partial charge in [0.15, 0.2) is 0 Å². The molecule has 1 unspecified atom stereocenters. The Bertz CT molecular complexity index is 411. The Balaban J connectivity index is 2.44. The summed E-state index contributed by atoms with van der Waals surface area (Å²) in [6.45, 7) is 4.35. The fraction of sp³-hybridized carbons (Fsp3) is 0.632. The SMILES string of the molecule is CCCCCCCC(CCC)OC(=O)c1ccc(OC)cc1. The van der Waals surface area contributed by atoms with Crippen molar-refractivity contribution in [1.29, 1.82) is 0 Å². The van der Waals surface area contributed by atoms with Gasteiger partial charge in [0.1, 0.15) is 11.9 Å². The summed E-state index contributed by atoms with van der Waals surface area (Å²) in [7, 11) is 1.61. The third-order valence-electron chi connectivity index (χ3n) is 3.84. The monoisotopic (exact) mass is 306 g/mol. The van der Waals surface area contributed by atoms with Gasteiger partial charge in [-0.1, -0.05) is 46.0 Å². The van der Waals surface area contributed by atoms with Crippen LogP contribution >= 0.6 is 0 Å². The molecule has 124 valence electrons. The van der Waals surface area contributed by atoms with Crippen molar-refractivity contribution in [1.82, 2.24) is 0 Å². The van der Waals surface area contributed by atoms with Gasteiger partial charge in [-0.05, 0) is 43.5 Å². The summed E-state index contributed by atoms with van der Waals surface area (Å²) in [6.07, 6.45) is 9.19. The number of benzene rings is 1. The first-order valence-electron chi connectivity index (χ1n) is 8.56. The van der Waals surface area contributed by atoms with E-state index in [-0.39, 0.29) is 12.1 Å². The first kappa shape index (κ1) is 18.5. The van der Waals surface area contributed by atoms with Crippen molar-refractivity contribution in [3.63, 3.8) is 0 Å². The first-order valence-corrected chi connectivity index (χ1v) is 8.56. The van der Waals surface area contributed by atoms with E-state index >= 15 is 0 Å². The number of carbonyl (C=O) groups excluding carboxylic acids is 1. The predicted molar refractivity (Wildman–Crippen MR) is 90.5 cm³/mol. The van der Waals surface area contributed by atoms with Crippen LogP contribution in [0.25, 0.3) is 0 Å². The summed E-state index contributed by atoms with van der Waals surface area (Å²) in [4.78, 5) is 12.2. The molecule has 0 heterocycles. The highest BCUT2D eigenvalue weighted by Crippen LogP contribution is 2.17. The van der Waals surface area contributed by atoms with Gasteiger partial charge in [0, 0.05) is 0 Å². The molecule has 0 saturated carbocycles. The molecule has 1 aromatic carbocycles. The van der Waals surface area contributed by atoms with Crippen molar-refractivity contribution in [3.05, 3.63) is 29.8 Å². The van der Waals surface area contributed by atoms with Crippen LogP contribution in [0.5, 0.6) is 5.75 Å². The number of rotatable bonds is 11. The van der Waals surface area contributed by atoms with Crippen LogP contribution in [0.1, 0.15) is 75.6 Å². The van der Waals surface area contributed by atoms with Crippen LogP contribution < -0.4 is 4.74 Å². The van der Waals surface area contributed by atoms with E-state index in [0.717, 1.165) is 31.4 Å². The van der Waals surface area contributed by atoms with Crippen LogP contribution in [-0.2, 0) is 4.74 Å². The molecule has 0 amide bonds. The summed E-state index contributed by atoms with van der Waals surface area (Å²) in [5.41, 5.74) is 0.591. The van der Waals surface area contributed by atoms with E-state index in [2.05, 4.69) is 13.8 Å². The van der Waals surface area contributed by atoms with Gasteiger partial charge in [-0.2, -0.15) is 0 Å². The molecule has 1 rings (SSSR count). The fourth-order valence-electron chi connectivity index (χ4n) is 2.51. The number of carbonyl (C=O) groups is 1. The third kappa shape index (κ3) is 6.97. The Hall–Kier alpha value is -1.51. The van der Waals surface area contributed by atoms with Crippen LogP contribution in [0.15, 0.2) is 24.3 Å². The van der Waals surface area contributed by atoms with Crippen molar-refractivity contribution in [2.45, 2.75) is 71.3 Å². The topological polar surface area (TPSA) is 35.5 Å². The zero-order chi connectivity index (χ0) is 16.2. The van der Waals surface area contributed by atoms with E-state index in [1.54, 1.807) is 31.4 Å². The van der Waals surface area contributed by atoms with E-state index in [1.807, 2.05) is 0 Å². The van der Waals surface area contributed by atoms with E-state index in [0.29, 0.717) is 5.56 Å². The summed E-state index contributed by atoms with van der Waals surface area (Å²) < 4.78 is 10.8. The van der Waals surface area contributed by atoms with Gasteiger partial charge in [-0.15, -0.1) is 0 Å². The van der Waals surface area contributed by atoms with Gasteiger partial charge in [-0.3, -0.25) is 0 Å². The van der Waals surface area contributed by atoms with Crippen molar-refractivity contribution < 1.29 is 14.3 Å². The lowest BCUT2D eigenvalue weighted by Crippen LogP contribution is -2.18. The summed E-state index contributed by atoms with van der Waals surface area (Å²) in [5.74, 6) is 0.521. The lowest BCUT2D eigenvalue weighted by atomic mass is 10.0. The second-order valence-electron chi connectivity index (χ2n) is 5.75. The average Bonchev–Trinajstić information content (AvgIpc) is 2.54. The van der Waals surface area contributed by atoms with Crippen LogP contribution in [0.3, 0.4) is 0 Å². The van der Waals surface area contributed by atoms with Gasteiger partial charge >= 0.3 is 5.97 Å². The average molecular weight is 306 g/mol. The molecule has 0 radical (unpaired) electrons. The quantitative estimate of drug-likeness (QED) is 0.406. The van der Waals surface area contributed by atoms with E-state index in [9.17, 15) is 4.79 Å². The molecule has 0 aliphatic heterocycles. The molecule has 0 bridgehead atoms. The zero-order valence-electron chi connectivity index (χ0n) is 14.3. The summed E-state index contributed by atoms with van der Waals surface area (Å²) >= 11 is 0. The standard InChI is InChI=1S/C19H30O3/c1-4-6-7-8-9-11-18(10-5-2)22-19(20)16-12-14-17(21-3)15-13-16/h12-15,18H,4-11H2,1-3H3. The number of methoxy groups -OCH3 is 1. The first-order chi connectivity index (χ1) is 10.7. The molecule has 3 nitrogen and oxygen atoms in total. The maximum atomic E-state index is 12.2. The molecule has 0 N–H and O–H groups in total. The Morgan fingerprint density at radius 3 is 2.23 bits per heavy atom. The van der Waals surface area contributed by atoms with Gasteiger partial charge < -0.3 is 9.47 Å². The molecule has 0 aliphatic carbocycles. The van der Waals surface area contributed by atoms with Crippen molar-refractivity contribution in [2.75, 3.05) is 7.11 Å². The van der Waals surface area contributed by atoms with Gasteiger partial charge in [-0.25, -0.2) is 4.79 Å². The number of hydrogen-bond acceptors (Lipinski definition) is 3. The van der Waals surface area contributed by atoms with Crippen molar-refractivity contribution in [2.24, 2.45) is 0 Å². The number of esters is 1. The molecule has 0 aliphatic rings. The third-order valence-corrected chi connectivity index (χ3v) is 3.84. The minimum absolute atomic E-state index is 0.0428. The molecule has 0 saturated heterocycles.